The molecule has 1 N–H and O–H groups in total. The van der Waals surface area contributed by atoms with Crippen molar-refractivity contribution in [1.82, 2.24) is 5.32 Å². The predicted molar refractivity (Wildman–Crippen MR) is 53.1 cm³/mol. The third-order valence-electron chi connectivity index (χ3n) is 1.82. The summed E-state index contributed by atoms with van der Waals surface area (Å²) in [7, 11) is 0. The Morgan fingerprint density at radius 3 is 2.69 bits per heavy atom. The molecule has 1 rings (SSSR count). The normalized spacial score (nSPS) is 15.2. The Labute approximate surface area is 78.2 Å². The maximum atomic E-state index is 11.2. The van der Waals surface area contributed by atoms with Crippen LogP contribution in [0.25, 0.3) is 0 Å². The van der Waals surface area contributed by atoms with Crippen molar-refractivity contribution in [2.24, 2.45) is 9.98 Å². The summed E-state index contributed by atoms with van der Waals surface area (Å²) in [6.45, 7) is 2.11. The highest BCUT2D eigenvalue weighted by atomic mass is 16.1. The number of hydrogen-bond donors (Lipinski definition) is 1. The lowest BCUT2D eigenvalue weighted by Crippen LogP contribution is -2.30. The Kier molecular flexibility index (Phi) is 4.15. The zero-order chi connectivity index (χ0) is 9.52. The molecule has 1 heterocycles. The molecule has 0 unspecified atom stereocenters. The topological polar surface area (TPSA) is 53.8 Å². The number of aliphatic imine (C=N–C) groups is 2. The van der Waals surface area contributed by atoms with Crippen LogP contribution in [-0.4, -0.2) is 24.6 Å². The first-order chi connectivity index (χ1) is 6.33. The average molecular weight is 181 g/mol. The number of unbranched alkanes of at least 4 members (excludes halogenated alkanes) is 2. The quantitative estimate of drug-likeness (QED) is 0.635. The molecule has 0 saturated heterocycles. The molecular weight excluding hydrogens is 166 g/mol. The average Bonchev–Trinajstić information content (AvgIpc) is 2.57. The van der Waals surface area contributed by atoms with E-state index in [0.717, 1.165) is 19.3 Å². The highest BCUT2D eigenvalue weighted by molar-refractivity contribution is 6.17. The Morgan fingerprint density at radius 2 is 2.08 bits per heavy atom. The third kappa shape index (κ3) is 3.83. The van der Waals surface area contributed by atoms with Crippen LogP contribution in [0.3, 0.4) is 0 Å². The van der Waals surface area contributed by atoms with E-state index in [0.29, 0.717) is 6.42 Å². The monoisotopic (exact) mass is 181 g/mol. The highest BCUT2D eigenvalue weighted by Crippen LogP contribution is 2.00. The second-order valence-electron chi connectivity index (χ2n) is 2.99. The van der Waals surface area contributed by atoms with Gasteiger partial charge in [-0.2, -0.15) is 0 Å². The van der Waals surface area contributed by atoms with E-state index in [9.17, 15) is 4.79 Å². The minimum atomic E-state index is -0.367. The van der Waals surface area contributed by atoms with Gasteiger partial charge in [0.2, 0.25) is 12.2 Å². The molecule has 1 aliphatic heterocycles. The van der Waals surface area contributed by atoms with Crippen molar-refractivity contribution in [3.8, 4) is 0 Å². The second-order valence-corrected chi connectivity index (χ2v) is 2.99. The number of carbonyl (C=O) groups is 1. The number of rotatable bonds is 5. The van der Waals surface area contributed by atoms with Gasteiger partial charge >= 0.3 is 0 Å². The zero-order valence-electron chi connectivity index (χ0n) is 7.86. The van der Waals surface area contributed by atoms with E-state index in [1.165, 1.54) is 0 Å². The maximum Gasteiger partial charge on any atom is 0.223 e. The van der Waals surface area contributed by atoms with Crippen LogP contribution in [0.4, 0.5) is 0 Å². The number of hydrogen-bond acceptors (Lipinski definition) is 3. The van der Waals surface area contributed by atoms with Gasteiger partial charge in [-0.05, 0) is 6.42 Å². The van der Waals surface area contributed by atoms with Gasteiger partial charge in [0.05, 0.1) is 0 Å². The summed E-state index contributed by atoms with van der Waals surface area (Å²) in [5, 5.41) is 2.70. The van der Waals surface area contributed by atoms with Gasteiger partial charge in [0.1, 0.15) is 0 Å². The maximum absolute atomic E-state index is 11.2. The van der Waals surface area contributed by atoms with Gasteiger partial charge < -0.3 is 5.32 Å². The fourth-order valence-electron chi connectivity index (χ4n) is 1.10. The molecule has 72 valence electrons. The Bertz CT molecular complexity index is 211. The molecule has 0 bridgehead atoms. The molecular formula is C9H15N3O. The third-order valence-corrected chi connectivity index (χ3v) is 1.82. The molecule has 4 nitrogen and oxygen atoms in total. The molecule has 0 radical (unpaired) electrons. The van der Waals surface area contributed by atoms with E-state index < -0.39 is 0 Å². The van der Waals surface area contributed by atoms with Crippen molar-refractivity contribution >= 4 is 18.3 Å². The van der Waals surface area contributed by atoms with Crippen LogP contribution in [-0.2, 0) is 4.79 Å². The number of nitrogens with one attached hydrogen (secondary N) is 1. The van der Waals surface area contributed by atoms with Crippen molar-refractivity contribution in [3.63, 3.8) is 0 Å². The summed E-state index contributed by atoms with van der Waals surface area (Å²) >= 11 is 0. The molecule has 4 heteroatoms. The molecule has 1 amide bonds. The van der Waals surface area contributed by atoms with Crippen molar-refractivity contribution in [2.45, 2.75) is 38.9 Å². The highest BCUT2D eigenvalue weighted by Gasteiger charge is 2.08. The van der Waals surface area contributed by atoms with Crippen LogP contribution in [0.1, 0.15) is 32.6 Å². The molecule has 0 aromatic carbocycles. The number of carbonyl (C=O) groups excluding carboxylic acids is 1. The second kappa shape index (κ2) is 5.45. The van der Waals surface area contributed by atoms with Crippen molar-refractivity contribution < 1.29 is 4.79 Å². The van der Waals surface area contributed by atoms with Gasteiger partial charge in [-0.1, -0.05) is 19.8 Å². The molecule has 0 fully saturated rings. The summed E-state index contributed by atoms with van der Waals surface area (Å²) < 4.78 is 0. The van der Waals surface area contributed by atoms with Crippen molar-refractivity contribution in [3.05, 3.63) is 0 Å². The fraction of sp³-hybridized carbons (Fsp3) is 0.667. The first-order valence-electron chi connectivity index (χ1n) is 4.67. The van der Waals surface area contributed by atoms with Gasteiger partial charge in [-0.15, -0.1) is 0 Å². The summed E-state index contributed by atoms with van der Waals surface area (Å²) in [6.07, 6.45) is 6.58. The molecule has 0 spiro atoms. The summed E-state index contributed by atoms with van der Waals surface area (Å²) in [5.74, 6) is 0.0367. The zero-order valence-corrected chi connectivity index (χ0v) is 7.86. The van der Waals surface area contributed by atoms with E-state index in [2.05, 4.69) is 22.2 Å². The molecule has 1 aliphatic rings. The van der Waals surface area contributed by atoms with Crippen LogP contribution < -0.4 is 5.32 Å². The van der Waals surface area contributed by atoms with Gasteiger partial charge in [-0.3, -0.25) is 4.79 Å². The summed E-state index contributed by atoms with van der Waals surface area (Å²) in [6, 6.07) is 0. The predicted octanol–water partition coefficient (Wildman–Crippen LogP) is 1.12. The van der Waals surface area contributed by atoms with Gasteiger partial charge in [0, 0.05) is 18.9 Å². The van der Waals surface area contributed by atoms with Crippen molar-refractivity contribution in [2.75, 3.05) is 0 Å². The van der Waals surface area contributed by atoms with Gasteiger partial charge in [0.15, 0.2) is 0 Å². The molecule has 0 atom stereocenters. The smallest absolute Gasteiger partial charge is 0.223 e. The fourth-order valence-corrected chi connectivity index (χ4v) is 1.10. The van der Waals surface area contributed by atoms with E-state index in [1.807, 2.05) is 0 Å². The van der Waals surface area contributed by atoms with E-state index >= 15 is 0 Å². The van der Waals surface area contributed by atoms with Crippen LogP contribution in [0.5, 0.6) is 0 Å². The minimum absolute atomic E-state index is 0.0367. The molecule has 0 aliphatic carbocycles. The SMILES string of the molecule is CCCCCC(=O)NC1N=CC=N1. The van der Waals surface area contributed by atoms with E-state index in [-0.39, 0.29) is 12.2 Å². The van der Waals surface area contributed by atoms with Gasteiger partial charge in [-0.25, -0.2) is 9.98 Å². The van der Waals surface area contributed by atoms with Crippen LogP contribution >= 0.6 is 0 Å². The van der Waals surface area contributed by atoms with Crippen LogP contribution in [0.2, 0.25) is 0 Å². The Morgan fingerprint density at radius 1 is 1.38 bits per heavy atom. The number of nitrogens with zero attached hydrogens (tertiary/aromatic N) is 2. The minimum Gasteiger partial charge on any atom is -0.316 e. The molecule has 0 aromatic rings. The first-order valence-corrected chi connectivity index (χ1v) is 4.67. The summed E-state index contributed by atoms with van der Waals surface area (Å²) in [4.78, 5) is 19.1. The van der Waals surface area contributed by atoms with Crippen LogP contribution in [0, 0.1) is 0 Å². The molecule has 0 aromatic heterocycles. The summed E-state index contributed by atoms with van der Waals surface area (Å²) in [5.41, 5.74) is 0. The standard InChI is InChI=1S/C9H15N3O/c1-2-3-4-5-8(13)12-9-10-6-7-11-9/h6-7,9H,2-5H2,1H3,(H,12,13). The lowest BCUT2D eigenvalue weighted by molar-refractivity contribution is -0.121. The molecule has 0 saturated carbocycles. The number of amides is 1. The van der Waals surface area contributed by atoms with Gasteiger partial charge in [0.25, 0.3) is 0 Å². The lowest BCUT2D eigenvalue weighted by Gasteiger charge is -2.06. The van der Waals surface area contributed by atoms with Crippen molar-refractivity contribution in [1.29, 1.82) is 0 Å². The first kappa shape index (κ1) is 9.89. The Hall–Kier alpha value is -1.19. The van der Waals surface area contributed by atoms with Crippen LogP contribution in [0.15, 0.2) is 9.98 Å². The Balaban J connectivity index is 2.10. The molecule has 13 heavy (non-hydrogen) atoms. The lowest BCUT2D eigenvalue weighted by atomic mass is 10.2. The van der Waals surface area contributed by atoms with E-state index in [1.54, 1.807) is 12.4 Å². The largest absolute Gasteiger partial charge is 0.316 e. The van der Waals surface area contributed by atoms with E-state index in [4.69, 9.17) is 0 Å².